The lowest BCUT2D eigenvalue weighted by atomic mass is 10.1. The van der Waals surface area contributed by atoms with Crippen LogP contribution in [-0.4, -0.2) is 22.6 Å². The first-order valence-electron chi connectivity index (χ1n) is 8.86. The van der Waals surface area contributed by atoms with E-state index in [1.165, 1.54) is 18.9 Å². The first-order valence-corrected chi connectivity index (χ1v) is 9.85. The van der Waals surface area contributed by atoms with Crippen LogP contribution < -0.4 is 5.56 Å². The monoisotopic (exact) mass is 382 g/mol. The molecule has 0 saturated carbocycles. The minimum Gasteiger partial charge on any atom is -0.465 e. The van der Waals surface area contributed by atoms with Crippen molar-refractivity contribution < 1.29 is 9.53 Å². The summed E-state index contributed by atoms with van der Waals surface area (Å²) in [6, 6.07) is 14.8. The van der Waals surface area contributed by atoms with Gasteiger partial charge in [0.2, 0.25) is 0 Å². The Hall–Kier alpha value is -2.60. The number of ether oxygens (including phenoxy) is 1. The minimum absolute atomic E-state index is 0.0132. The quantitative estimate of drug-likeness (QED) is 0.358. The Labute approximate surface area is 162 Å². The number of methoxy groups -OCH3 is 1. The molecule has 1 atom stereocenters. The zero-order valence-electron chi connectivity index (χ0n) is 15.6. The lowest BCUT2D eigenvalue weighted by molar-refractivity contribution is 0.0600. The van der Waals surface area contributed by atoms with Crippen LogP contribution in [0.3, 0.4) is 0 Å². The Morgan fingerprint density at radius 2 is 2.00 bits per heavy atom. The fraction of sp³-hybridized carbons (Fsp3) is 0.286. The lowest BCUT2D eigenvalue weighted by Gasteiger charge is -2.18. The molecule has 1 aromatic heterocycles. The highest BCUT2D eigenvalue weighted by Gasteiger charge is 2.16. The number of esters is 1. The average molecular weight is 382 g/mol. The van der Waals surface area contributed by atoms with E-state index in [1.807, 2.05) is 49.4 Å². The molecule has 0 amide bonds. The van der Waals surface area contributed by atoms with Gasteiger partial charge in [0.15, 0.2) is 5.16 Å². The Morgan fingerprint density at radius 3 is 2.74 bits per heavy atom. The van der Waals surface area contributed by atoms with E-state index in [9.17, 15) is 9.59 Å². The van der Waals surface area contributed by atoms with Gasteiger partial charge in [-0.1, -0.05) is 43.0 Å². The van der Waals surface area contributed by atoms with Gasteiger partial charge in [-0.05, 0) is 43.2 Å². The van der Waals surface area contributed by atoms with Crippen LogP contribution in [0.2, 0.25) is 0 Å². The second-order valence-corrected chi connectivity index (χ2v) is 7.27. The minimum atomic E-state index is -0.359. The average Bonchev–Trinajstić information content (AvgIpc) is 2.71. The molecule has 0 N–H and O–H groups in total. The summed E-state index contributed by atoms with van der Waals surface area (Å²) in [7, 11) is 1.37. The molecule has 0 radical (unpaired) electrons. The molecular formula is C21H22N2O3S. The van der Waals surface area contributed by atoms with Crippen molar-refractivity contribution in [3.05, 3.63) is 70.0 Å². The van der Waals surface area contributed by atoms with Crippen molar-refractivity contribution in [2.75, 3.05) is 7.11 Å². The number of benzene rings is 2. The Balaban J connectivity index is 1.97. The molecule has 0 saturated heterocycles. The molecule has 5 nitrogen and oxygen atoms in total. The molecule has 3 rings (SSSR count). The number of fused-ring (bicyclic) bond motifs is 1. The standard InChI is InChI=1S/C21H22N2O3S/c1-4-14(2)23-19(24)17-10-5-6-11-18(17)22-21(23)27-13-15-8-7-9-16(12-15)20(25)26-3/h5-12,14H,4,13H2,1-3H3/t14-/m1/s1. The van der Waals surface area contributed by atoms with Crippen LogP contribution in [0.5, 0.6) is 0 Å². The van der Waals surface area contributed by atoms with Crippen LogP contribution in [-0.2, 0) is 10.5 Å². The third-order valence-corrected chi connectivity index (χ3v) is 5.55. The van der Waals surface area contributed by atoms with Gasteiger partial charge >= 0.3 is 5.97 Å². The summed E-state index contributed by atoms with van der Waals surface area (Å²) in [4.78, 5) is 29.4. The summed E-state index contributed by atoms with van der Waals surface area (Å²) < 4.78 is 6.55. The number of hydrogen-bond acceptors (Lipinski definition) is 5. The van der Waals surface area contributed by atoms with Crippen molar-refractivity contribution in [3.63, 3.8) is 0 Å². The number of thioether (sulfide) groups is 1. The van der Waals surface area contributed by atoms with E-state index in [1.54, 1.807) is 10.6 Å². The molecule has 6 heteroatoms. The molecule has 0 spiro atoms. The highest BCUT2D eigenvalue weighted by molar-refractivity contribution is 7.98. The Bertz CT molecular complexity index is 1030. The largest absolute Gasteiger partial charge is 0.465 e. The van der Waals surface area contributed by atoms with E-state index in [0.29, 0.717) is 27.4 Å². The maximum Gasteiger partial charge on any atom is 0.337 e. The van der Waals surface area contributed by atoms with E-state index in [4.69, 9.17) is 9.72 Å². The summed E-state index contributed by atoms with van der Waals surface area (Å²) in [6.07, 6.45) is 0.839. The highest BCUT2D eigenvalue weighted by atomic mass is 32.2. The number of nitrogens with zero attached hydrogens (tertiary/aromatic N) is 2. The summed E-state index contributed by atoms with van der Waals surface area (Å²) in [6.45, 7) is 4.08. The number of carbonyl (C=O) groups is 1. The number of para-hydroxylation sites is 1. The van der Waals surface area contributed by atoms with Crippen molar-refractivity contribution in [2.45, 2.75) is 37.2 Å². The van der Waals surface area contributed by atoms with Crippen LogP contribution in [0, 0.1) is 0 Å². The summed E-state index contributed by atoms with van der Waals surface area (Å²) >= 11 is 1.50. The molecule has 0 unspecified atom stereocenters. The zero-order valence-corrected chi connectivity index (χ0v) is 16.5. The van der Waals surface area contributed by atoms with Gasteiger partial charge in [0, 0.05) is 11.8 Å². The molecule has 2 aromatic carbocycles. The molecular weight excluding hydrogens is 360 g/mol. The summed E-state index contributed by atoms with van der Waals surface area (Å²) in [5.41, 5.74) is 2.18. The van der Waals surface area contributed by atoms with Gasteiger partial charge in [-0.3, -0.25) is 9.36 Å². The lowest BCUT2D eigenvalue weighted by Crippen LogP contribution is -2.26. The SMILES string of the molecule is CC[C@@H](C)n1c(SCc2cccc(C(=O)OC)c2)nc2ccccc2c1=O. The molecule has 3 aromatic rings. The van der Waals surface area contributed by atoms with Gasteiger partial charge < -0.3 is 4.74 Å². The molecule has 0 fully saturated rings. The normalized spacial score (nSPS) is 12.1. The van der Waals surface area contributed by atoms with Gasteiger partial charge in [0.05, 0.1) is 23.6 Å². The smallest absolute Gasteiger partial charge is 0.337 e. The van der Waals surface area contributed by atoms with E-state index < -0.39 is 0 Å². The molecule has 0 bridgehead atoms. The zero-order chi connectivity index (χ0) is 19.4. The van der Waals surface area contributed by atoms with Crippen LogP contribution in [0.25, 0.3) is 10.9 Å². The van der Waals surface area contributed by atoms with Gasteiger partial charge in [-0.15, -0.1) is 0 Å². The highest BCUT2D eigenvalue weighted by Crippen LogP contribution is 2.25. The van der Waals surface area contributed by atoms with E-state index >= 15 is 0 Å². The van der Waals surface area contributed by atoms with Gasteiger partial charge in [-0.2, -0.15) is 0 Å². The Morgan fingerprint density at radius 1 is 1.22 bits per heavy atom. The summed E-state index contributed by atoms with van der Waals surface area (Å²) in [5, 5.41) is 1.33. The third kappa shape index (κ3) is 4.06. The first kappa shape index (κ1) is 19.2. The van der Waals surface area contributed by atoms with E-state index in [-0.39, 0.29) is 17.6 Å². The van der Waals surface area contributed by atoms with Crippen LogP contribution in [0.1, 0.15) is 42.2 Å². The van der Waals surface area contributed by atoms with Crippen molar-refractivity contribution in [2.24, 2.45) is 0 Å². The maximum absolute atomic E-state index is 13.0. The predicted molar refractivity (Wildman–Crippen MR) is 108 cm³/mol. The predicted octanol–water partition coefficient (Wildman–Crippen LogP) is 4.45. The molecule has 27 heavy (non-hydrogen) atoms. The topological polar surface area (TPSA) is 61.2 Å². The first-order chi connectivity index (χ1) is 13.0. The molecule has 0 aliphatic carbocycles. The van der Waals surface area contributed by atoms with Gasteiger partial charge in [-0.25, -0.2) is 9.78 Å². The number of aromatic nitrogens is 2. The summed E-state index contributed by atoms with van der Waals surface area (Å²) in [5.74, 6) is 0.244. The van der Waals surface area contributed by atoms with Crippen molar-refractivity contribution in [3.8, 4) is 0 Å². The van der Waals surface area contributed by atoms with Crippen LogP contribution in [0.15, 0.2) is 58.5 Å². The number of carbonyl (C=O) groups excluding carboxylic acids is 1. The molecule has 0 aliphatic heterocycles. The van der Waals surface area contributed by atoms with E-state index in [2.05, 4.69) is 6.92 Å². The van der Waals surface area contributed by atoms with Crippen molar-refractivity contribution in [1.29, 1.82) is 0 Å². The van der Waals surface area contributed by atoms with Crippen LogP contribution >= 0.6 is 11.8 Å². The fourth-order valence-electron chi connectivity index (χ4n) is 2.85. The number of rotatable bonds is 6. The number of hydrogen-bond donors (Lipinski definition) is 0. The fourth-order valence-corrected chi connectivity index (χ4v) is 3.89. The third-order valence-electron chi connectivity index (χ3n) is 4.52. The molecule has 0 aliphatic rings. The van der Waals surface area contributed by atoms with Crippen LogP contribution in [0.4, 0.5) is 0 Å². The van der Waals surface area contributed by atoms with Crippen molar-refractivity contribution in [1.82, 2.24) is 9.55 Å². The molecule has 140 valence electrons. The second kappa shape index (κ2) is 8.39. The van der Waals surface area contributed by atoms with Gasteiger partial charge in [0.25, 0.3) is 5.56 Å². The Kier molecular flexibility index (Phi) is 5.96. The maximum atomic E-state index is 13.0. The van der Waals surface area contributed by atoms with Crippen molar-refractivity contribution >= 4 is 28.6 Å². The van der Waals surface area contributed by atoms with E-state index in [0.717, 1.165) is 12.0 Å². The van der Waals surface area contributed by atoms with Gasteiger partial charge in [0.1, 0.15) is 0 Å². The molecule has 1 heterocycles. The second-order valence-electron chi connectivity index (χ2n) is 6.32.